The van der Waals surface area contributed by atoms with E-state index in [2.05, 4.69) is 0 Å². The molecule has 7 heteroatoms. The second-order valence-corrected chi connectivity index (χ2v) is 4.45. The summed E-state index contributed by atoms with van der Waals surface area (Å²) in [4.78, 5) is 32.8. The number of rotatable bonds is 3. The highest BCUT2D eigenvalue weighted by molar-refractivity contribution is 7.21. The summed E-state index contributed by atoms with van der Waals surface area (Å²) in [7, 11) is 0. The third-order valence-electron chi connectivity index (χ3n) is 2.35. The van der Waals surface area contributed by atoms with Crippen molar-refractivity contribution in [3.05, 3.63) is 34.2 Å². The van der Waals surface area contributed by atoms with E-state index in [4.69, 9.17) is 15.3 Å². The topological polar surface area (TPSA) is 112 Å². The molecule has 0 aliphatic carbocycles. The summed E-state index contributed by atoms with van der Waals surface area (Å²) in [6.07, 6.45) is 0. The Bertz CT molecular complexity index is 684. The van der Waals surface area contributed by atoms with Crippen LogP contribution in [-0.4, -0.2) is 33.2 Å². The molecular formula is C11H6O6S. The SMILES string of the molecule is O=C(O)c1sc2cccc(C(=O)O)c2c1C(=O)O. The molecule has 1 heterocycles. The quantitative estimate of drug-likeness (QED) is 0.783. The van der Waals surface area contributed by atoms with Crippen LogP contribution >= 0.6 is 11.3 Å². The van der Waals surface area contributed by atoms with Gasteiger partial charge in [0.05, 0.1) is 11.1 Å². The Balaban J connectivity index is 2.97. The van der Waals surface area contributed by atoms with Crippen LogP contribution in [-0.2, 0) is 0 Å². The van der Waals surface area contributed by atoms with Crippen molar-refractivity contribution in [3.63, 3.8) is 0 Å². The van der Waals surface area contributed by atoms with Crippen molar-refractivity contribution in [2.24, 2.45) is 0 Å². The first kappa shape index (κ1) is 12.1. The van der Waals surface area contributed by atoms with E-state index in [1.807, 2.05) is 0 Å². The molecule has 1 aromatic heterocycles. The Kier molecular flexibility index (Phi) is 2.76. The number of benzene rings is 1. The molecule has 6 nitrogen and oxygen atoms in total. The predicted octanol–water partition coefficient (Wildman–Crippen LogP) is 2.00. The number of aromatic carboxylic acids is 3. The first-order valence-electron chi connectivity index (χ1n) is 4.69. The van der Waals surface area contributed by atoms with Crippen LogP contribution in [0.1, 0.15) is 30.4 Å². The summed E-state index contributed by atoms with van der Waals surface area (Å²) in [6, 6.07) is 4.18. The summed E-state index contributed by atoms with van der Waals surface area (Å²) in [5, 5.41) is 27.0. The van der Waals surface area contributed by atoms with Gasteiger partial charge in [-0.2, -0.15) is 0 Å². The van der Waals surface area contributed by atoms with E-state index in [1.54, 1.807) is 0 Å². The Morgan fingerprint density at radius 2 is 1.61 bits per heavy atom. The van der Waals surface area contributed by atoms with E-state index in [1.165, 1.54) is 18.2 Å². The maximum atomic E-state index is 11.1. The summed E-state index contributed by atoms with van der Waals surface area (Å²) in [5.41, 5.74) is -0.686. The van der Waals surface area contributed by atoms with Crippen molar-refractivity contribution >= 4 is 39.3 Å². The Morgan fingerprint density at radius 3 is 2.11 bits per heavy atom. The Labute approximate surface area is 104 Å². The molecule has 0 saturated heterocycles. The summed E-state index contributed by atoms with van der Waals surface area (Å²) in [6.45, 7) is 0. The number of carboxylic acid groups (broad SMARTS) is 3. The molecule has 2 aromatic rings. The highest BCUT2D eigenvalue weighted by Crippen LogP contribution is 2.33. The number of fused-ring (bicyclic) bond motifs is 1. The van der Waals surface area contributed by atoms with Crippen LogP contribution in [0.5, 0.6) is 0 Å². The average molecular weight is 266 g/mol. The van der Waals surface area contributed by atoms with E-state index in [0.29, 0.717) is 4.70 Å². The van der Waals surface area contributed by atoms with Gasteiger partial charge in [-0.05, 0) is 12.1 Å². The summed E-state index contributed by atoms with van der Waals surface area (Å²) >= 11 is 0.748. The second-order valence-electron chi connectivity index (χ2n) is 3.40. The zero-order valence-corrected chi connectivity index (χ0v) is 9.52. The number of hydrogen-bond acceptors (Lipinski definition) is 4. The number of carbonyl (C=O) groups is 3. The summed E-state index contributed by atoms with van der Waals surface area (Å²) < 4.78 is 0.324. The van der Waals surface area contributed by atoms with E-state index in [-0.39, 0.29) is 15.8 Å². The van der Waals surface area contributed by atoms with Crippen LogP contribution in [0.2, 0.25) is 0 Å². The standard InChI is InChI=1S/C11H6O6S/c12-9(13)4-2-1-3-5-6(4)7(10(14)15)8(18-5)11(16)17/h1-3H,(H,12,13)(H,14,15)(H,16,17). The lowest BCUT2D eigenvalue weighted by molar-refractivity contribution is 0.0657. The largest absolute Gasteiger partial charge is 0.478 e. The molecular weight excluding hydrogens is 260 g/mol. The van der Waals surface area contributed by atoms with Crippen molar-refractivity contribution in [2.45, 2.75) is 0 Å². The molecule has 0 aliphatic rings. The highest BCUT2D eigenvalue weighted by atomic mass is 32.1. The van der Waals surface area contributed by atoms with Crippen molar-refractivity contribution in [1.82, 2.24) is 0 Å². The van der Waals surface area contributed by atoms with E-state index in [0.717, 1.165) is 11.3 Å². The van der Waals surface area contributed by atoms with Gasteiger partial charge in [0.15, 0.2) is 0 Å². The first-order valence-corrected chi connectivity index (χ1v) is 5.50. The van der Waals surface area contributed by atoms with Gasteiger partial charge in [-0.25, -0.2) is 14.4 Å². The fourth-order valence-electron chi connectivity index (χ4n) is 1.68. The lowest BCUT2D eigenvalue weighted by Crippen LogP contribution is -2.06. The molecule has 2 rings (SSSR count). The molecule has 0 unspecified atom stereocenters. The van der Waals surface area contributed by atoms with E-state index >= 15 is 0 Å². The molecule has 0 fully saturated rings. The maximum absolute atomic E-state index is 11.1. The molecule has 3 N–H and O–H groups in total. The van der Waals surface area contributed by atoms with Crippen LogP contribution in [0, 0.1) is 0 Å². The number of hydrogen-bond donors (Lipinski definition) is 3. The monoisotopic (exact) mass is 266 g/mol. The zero-order valence-electron chi connectivity index (χ0n) is 8.71. The van der Waals surface area contributed by atoms with Gasteiger partial charge in [0.1, 0.15) is 4.88 Å². The Hall–Kier alpha value is -2.41. The molecule has 0 atom stereocenters. The molecule has 0 bridgehead atoms. The number of thiophene rings is 1. The third-order valence-corrected chi connectivity index (χ3v) is 3.50. The van der Waals surface area contributed by atoms with Gasteiger partial charge in [-0.1, -0.05) is 6.07 Å². The Morgan fingerprint density at radius 1 is 0.944 bits per heavy atom. The molecule has 0 spiro atoms. The van der Waals surface area contributed by atoms with Gasteiger partial charge >= 0.3 is 17.9 Å². The van der Waals surface area contributed by atoms with Gasteiger partial charge in [-0.15, -0.1) is 11.3 Å². The minimum atomic E-state index is -1.45. The van der Waals surface area contributed by atoms with Crippen LogP contribution in [0.25, 0.3) is 10.1 Å². The molecule has 18 heavy (non-hydrogen) atoms. The smallest absolute Gasteiger partial charge is 0.346 e. The predicted molar refractivity (Wildman–Crippen MR) is 62.7 cm³/mol. The molecule has 0 saturated carbocycles. The van der Waals surface area contributed by atoms with Gasteiger partial charge in [-0.3, -0.25) is 0 Å². The first-order chi connectivity index (χ1) is 8.43. The van der Waals surface area contributed by atoms with Gasteiger partial charge < -0.3 is 15.3 Å². The lowest BCUT2D eigenvalue weighted by Gasteiger charge is -1.99. The van der Waals surface area contributed by atoms with Gasteiger partial charge in [0, 0.05) is 10.1 Å². The van der Waals surface area contributed by atoms with E-state index in [9.17, 15) is 14.4 Å². The second kappa shape index (κ2) is 4.11. The molecule has 0 aliphatic heterocycles. The van der Waals surface area contributed by atoms with Crippen LogP contribution < -0.4 is 0 Å². The highest BCUT2D eigenvalue weighted by Gasteiger charge is 2.26. The average Bonchev–Trinajstić information content (AvgIpc) is 2.67. The zero-order chi connectivity index (χ0) is 13.4. The van der Waals surface area contributed by atoms with Gasteiger partial charge in [0.2, 0.25) is 0 Å². The van der Waals surface area contributed by atoms with E-state index < -0.39 is 23.5 Å². The van der Waals surface area contributed by atoms with Crippen molar-refractivity contribution in [2.75, 3.05) is 0 Å². The molecule has 0 amide bonds. The fraction of sp³-hybridized carbons (Fsp3) is 0. The minimum absolute atomic E-state index is 0.0418. The number of carboxylic acids is 3. The van der Waals surface area contributed by atoms with Crippen LogP contribution in [0.15, 0.2) is 18.2 Å². The summed E-state index contributed by atoms with van der Waals surface area (Å²) in [5.74, 6) is -4.13. The molecule has 0 radical (unpaired) electrons. The van der Waals surface area contributed by atoms with Crippen molar-refractivity contribution < 1.29 is 29.7 Å². The van der Waals surface area contributed by atoms with Crippen LogP contribution in [0.4, 0.5) is 0 Å². The van der Waals surface area contributed by atoms with Crippen molar-refractivity contribution in [1.29, 1.82) is 0 Å². The van der Waals surface area contributed by atoms with Crippen LogP contribution in [0.3, 0.4) is 0 Å². The third kappa shape index (κ3) is 1.70. The lowest BCUT2D eigenvalue weighted by atomic mass is 10.0. The molecule has 1 aromatic carbocycles. The maximum Gasteiger partial charge on any atom is 0.346 e. The molecule has 92 valence electrons. The van der Waals surface area contributed by atoms with Crippen molar-refractivity contribution in [3.8, 4) is 0 Å². The van der Waals surface area contributed by atoms with Gasteiger partial charge in [0.25, 0.3) is 0 Å². The fourth-order valence-corrected chi connectivity index (χ4v) is 2.74. The minimum Gasteiger partial charge on any atom is -0.478 e. The normalized spacial score (nSPS) is 10.4.